The van der Waals surface area contributed by atoms with Gasteiger partial charge in [-0.05, 0) is 30.7 Å². The number of hydrogen-bond donors (Lipinski definition) is 0. The molecule has 142 valence electrons. The Hall–Kier alpha value is -2.63. The smallest absolute Gasteiger partial charge is 0.240 e. The summed E-state index contributed by atoms with van der Waals surface area (Å²) < 4.78 is 5.70. The Labute approximate surface area is 158 Å². The summed E-state index contributed by atoms with van der Waals surface area (Å²) in [6.07, 6.45) is 6.94. The number of fused-ring (bicyclic) bond motifs is 1. The SMILES string of the molecule is CCCCCOc1ccc(N2C(=O)[C@@H]3[C@H](C2=O)[C@@H]2C=C[C@@H]3N(C)C2=O)cc1. The maximum absolute atomic E-state index is 13.0. The molecule has 5 rings (SSSR count). The molecule has 0 N–H and O–H groups in total. The predicted molar refractivity (Wildman–Crippen MR) is 100 cm³/mol. The van der Waals surface area contributed by atoms with Gasteiger partial charge in [-0.2, -0.15) is 0 Å². The van der Waals surface area contributed by atoms with Crippen molar-refractivity contribution in [3.8, 4) is 5.75 Å². The highest BCUT2D eigenvalue weighted by Crippen LogP contribution is 2.46. The van der Waals surface area contributed by atoms with E-state index in [-0.39, 0.29) is 23.8 Å². The first-order valence-corrected chi connectivity index (χ1v) is 9.60. The average Bonchev–Trinajstić information content (AvgIpc) is 2.95. The van der Waals surface area contributed by atoms with Crippen molar-refractivity contribution in [2.45, 2.75) is 32.2 Å². The number of benzene rings is 1. The van der Waals surface area contributed by atoms with Gasteiger partial charge in [0.15, 0.2) is 0 Å². The Balaban J connectivity index is 1.53. The van der Waals surface area contributed by atoms with Crippen LogP contribution in [0.5, 0.6) is 5.75 Å². The number of piperidine rings is 1. The Morgan fingerprint density at radius 2 is 1.63 bits per heavy atom. The zero-order valence-corrected chi connectivity index (χ0v) is 15.6. The summed E-state index contributed by atoms with van der Waals surface area (Å²) in [6.45, 7) is 2.80. The molecule has 4 aliphatic rings. The Morgan fingerprint density at radius 1 is 0.926 bits per heavy atom. The minimum Gasteiger partial charge on any atom is -0.494 e. The Morgan fingerprint density at radius 3 is 2.33 bits per heavy atom. The first-order valence-electron chi connectivity index (χ1n) is 9.60. The molecule has 1 aliphatic carbocycles. The van der Waals surface area contributed by atoms with Gasteiger partial charge in [-0.15, -0.1) is 0 Å². The number of carbonyl (C=O) groups excluding carboxylic acids is 3. The van der Waals surface area contributed by atoms with Crippen molar-refractivity contribution in [3.05, 3.63) is 36.4 Å². The van der Waals surface area contributed by atoms with E-state index in [0.717, 1.165) is 25.0 Å². The van der Waals surface area contributed by atoms with Crippen molar-refractivity contribution in [2.75, 3.05) is 18.6 Å². The molecule has 6 nitrogen and oxygen atoms in total. The van der Waals surface area contributed by atoms with Crippen LogP contribution in [-0.4, -0.2) is 42.3 Å². The number of hydrogen-bond acceptors (Lipinski definition) is 4. The highest BCUT2D eigenvalue weighted by atomic mass is 16.5. The molecule has 2 bridgehead atoms. The zero-order chi connectivity index (χ0) is 19.1. The number of nitrogens with zero attached hydrogens (tertiary/aromatic N) is 2. The molecular weight excluding hydrogens is 344 g/mol. The number of rotatable bonds is 6. The molecule has 27 heavy (non-hydrogen) atoms. The second kappa shape index (κ2) is 6.83. The number of ether oxygens (including phenoxy) is 1. The predicted octanol–water partition coefficient (Wildman–Crippen LogP) is 2.39. The monoisotopic (exact) mass is 368 g/mol. The van der Waals surface area contributed by atoms with Gasteiger partial charge in [0, 0.05) is 7.05 Å². The van der Waals surface area contributed by atoms with Crippen LogP contribution in [0.2, 0.25) is 0 Å². The quantitative estimate of drug-likeness (QED) is 0.439. The molecule has 1 aromatic rings. The molecule has 3 aliphatic heterocycles. The number of anilines is 1. The molecule has 0 saturated carbocycles. The lowest BCUT2D eigenvalue weighted by molar-refractivity contribution is -0.148. The molecule has 3 amide bonds. The van der Waals surface area contributed by atoms with Gasteiger partial charge >= 0.3 is 0 Å². The fourth-order valence-corrected chi connectivity index (χ4v) is 4.40. The van der Waals surface area contributed by atoms with Crippen LogP contribution in [0.4, 0.5) is 5.69 Å². The summed E-state index contributed by atoms with van der Waals surface area (Å²) in [6, 6.07) is 6.71. The third-order valence-electron chi connectivity index (χ3n) is 5.86. The van der Waals surface area contributed by atoms with E-state index in [4.69, 9.17) is 4.74 Å². The number of carbonyl (C=O) groups is 3. The van der Waals surface area contributed by atoms with Crippen molar-refractivity contribution in [2.24, 2.45) is 17.8 Å². The van der Waals surface area contributed by atoms with Gasteiger partial charge in [0.05, 0.1) is 36.1 Å². The van der Waals surface area contributed by atoms with Crippen LogP contribution >= 0.6 is 0 Å². The van der Waals surface area contributed by atoms with Gasteiger partial charge in [0.2, 0.25) is 17.7 Å². The summed E-state index contributed by atoms with van der Waals surface area (Å²) in [4.78, 5) is 41.2. The van der Waals surface area contributed by atoms with E-state index < -0.39 is 17.8 Å². The summed E-state index contributed by atoms with van der Waals surface area (Å²) in [5.41, 5.74) is 0.537. The molecule has 3 heterocycles. The molecule has 2 saturated heterocycles. The van der Waals surface area contributed by atoms with Crippen molar-refractivity contribution in [1.29, 1.82) is 0 Å². The van der Waals surface area contributed by atoms with Gasteiger partial charge < -0.3 is 9.64 Å². The lowest BCUT2D eigenvalue weighted by Crippen LogP contribution is -2.57. The fourth-order valence-electron chi connectivity index (χ4n) is 4.40. The zero-order valence-electron chi connectivity index (χ0n) is 15.6. The molecule has 1 aromatic carbocycles. The molecule has 0 unspecified atom stereocenters. The van der Waals surface area contributed by atoms with E-state index in [1.165, 1.54) is 4.90 Å². The standard InChI is InChI=1S/C21H24N2O4/c1-3-4-5-12-27-14-8-6-13(7-9-14)23-20(25)17-15-10-11-16(18(17)21(23)26)22(2)19(15)24/h6-11,15-18H,3-5,12H2,1-2H3/t15-,16-,17+,18-/m0/s1. The highest BCUT2D eigenvalue weighted by molar-refractivity contribution is 6.24. The van der Waals surface area contributed by atoms with Gasteiger partial charge in [-0.3, -0.25) is 14.4 Å². The molecular formula is C21H24N2O4. The molecule has 0 spiro atoms. The van der Waals surface area contributed by atoms with Crippen LogP contribution in [0.3, 0.4) is 0 Å². The second-order valence-corrected chi connectivity index (χ2v) is 7.46. The Kier molecular flexibility index (Phi) is 4.50. The van der Waals surface area contributed by atoms with E-state index in [9.17, 15) is 14.4 Å². The maximum atomic E-state index is 13.0. The lowest BCUT2D eigenvalue weighted by atomic mass is 9.70. The molecule has 0 radical (unpaired) electrons. The minimum atomic E-state index is -0.582. The van der Waals surface area contributed by atoms with Gasteiger partial charge in [-0.25, -0.2) is 4.90 Å². The van der Waals surface area contributed by atoms with Crippen LogP contribution in [-0.2, 0) is 14.4 Å². The summed E-state index contributed by atoms with van der Waals surface area (Å²) in [7, 11) is 1.70. The second-order valence-electron chi connectivity index (χ2n) is 7.46. The largest absolute Gasteiger partial charge is 0.494 e. The first kappa shape index (κ1) is 17.8. The molecule has 2 fully saturated rings. The van der Waals surface area contributed by atoms with E-state index in [2.05, 4.69) is 6.92 Å². The van der Waals surface area contributed by atoms with Gasteiger partial charge in [-0.1, -0.05) is 31.9 Å². The van der Waals surface area contributed by atoms with E-state index >= 15 is 0 Å². The number of likely N-dealkylation sites (N-methyl/N-ethyl adjacent to an activating group) is 1. The van der Waals surface area contributed by atoms with E-state index in [1.807, 2.05) is 6.08 Å². The fraction of sp³-hybridized carbons (Fsp3) is 0.476. The topological polar surface area (TPSA) is 66.9 Å². The minimum absolute atomic E-state index is 0.0809. The van der Waals surface area contributed by atoms with Crippen LogP contribution in [0.15, 0.2) is 36.4 Å². The molecule has 6 heteroatoms. The number of amides is 3. The van der Waals surface area contributed by atoms with Crippen molar-refractivity contribution in [1.82, 2.24) is 4.90 Å². The lowest BCUT2D eigenvalue weighted by Gasteiger charge is -2.44. The van der Waals surface area contributed by atoms with Crippen molar-refractivity contribution < 1.29 is 19.1 Å². The van der Waals surface area contributed by atoms with Crippen LogP contribution in [0, 0.1) is 17.8 Å². The maximum Gasteiger partial charge on any atom is 0.240 e. The van der Waals surface area contributed by atoms with E-state index in [1.54, 1.807) is 42.3 Å². The van der Waals surface area contributed by atoms with Gasteiger partial charge in [0.1, 0.15) is 5.75 Å². The van der Waals surface area contributed by atoms with Crippen molar-refractivity contribution in [3.63, 3.8) is 0 Å². The number of imide groups is 1. The van der Waals surface area contributed by atoms with Crippen LogP contribution in [0.25, 0.3) is 0 Å². The molecule has 4 atom stereocenters. The van der Waals surface area contributed by atoms with E-state index in [0.29, 0.717) is 12.3 Å². The summed E-state index contributed by atoms with van der Waals surface area (Å²) in [5, 5.41) is 0. The normalized spacial score (nSPS) is 28.9. The summed E-state index contributed by atoms with van der Waals surface area (Å²) >= 11 is 0. The Bertz CT molecular complexity index is 801. The number of unbranched alkanes of at least 4 members (excludes halogenated alkanes) is 2. The average molecular weight is 368 g/mol. The third kappa shape index (κ3) is 2.74. The molecule has 0 aromatic heterocycles. The highest BCUT2D eigenvalue weighted by Gasteiger charge is 2.61. The first-order chi connectivity index (χ1) is 13.0. The van der Waals surface area contributed by atoms with Crippen molar-refractivity contribution >= 4 is 23.4 Å². The summed E-state index contributed by atoms with van der Waals surface area (Å²) in [5.74, 6) is -1.46. The van der Waals surface area contributed by atoms with Crippen LogP contribution in [0.1, 0.15) is 26.2 Å². The third-order valence-corrected chi connectivity index (χ3v) is 5.86. The van der Waals surface area contributed by atoms with Gasteiger partial charge in [0.25, 0.3) is 0 Å². The van der Waals surface area contributed by atoms with Crippen LogP contribution < -0.4 is 9.64 Å².